The van der Waals surface area contributed by atoms with Gasteiger partial charge < -0.3 is 10.6 Å². The summed E-state index contributed by atoms with van der Waals surface area (Å²) >= 11 is 0. The standard InChI is InChI=1S/C19H22N2O/c1-14-8-10-18-16(13-14)6-4-12-21(18)19(22)11-9-15-5-2-3-7-17(15)20/h2-3,5,7-8,10,13H,4,6,9,11-12,20H2,1H3. The maximum atomic E-state index is 12.6. The maximum Gasteiger partial charge on any atom is 0.227 e. The molecular formula is C19H22N2O. The third-order valence-corrected chi connectivity index (χ3v) is 4.32. The lowest BCUT2D eigenvalue weighted by molar-refractivity contribution is -0.118. The molecule has 3 rings (SSSR count). The van der Waals surface area contributed by atoms with Gasteiger partial charge in [0.05, 0.1) is 0 Å². The summed E-state index contributed by atoms with van der Waals surface area (Å²) in [7, 11) is 0. The van der Waals surface area contributed by atoms with E-state index in [9.17, 15) is 4.79 Å². The van der Waals surface area contributed by atoms with E-state index in [0.29, 0.717) is 12.8 Å². The van der Waals surface area contributed by atoms with Crippen LogP contribution in [-0.2, 0) is 17.6 Å². The minimum Gasteiger partial charge on any atom is -0.399 e. The van der Waals surface area contributed by atoms with Crippen LogP contribution in [0.3, 0.4) is 0 Å². The van der Waals surface area contributed by atoms with Crippen LogP contribution in [0.2, 0.25) is 0 Å². The zero-order valence-corrected chi connectivity index (χ0v) is 13.0. The number of amides is 1. The number of carbonyl (C=O) groups excluding carboxylic acids is 1. The van der Waals surface area contributed by atoms with Gasteiger partial charge in [-0.25, -0.2) is 0 Å². The average molecular weight is 294 g/mol. The van der Waals surface area contributed by atoms with E-state index in [0.717, 1.165) is 36.3 Å². The fourth-order valence-electron chi connectivity index (χ4n) is 3.12. The van der Waals surface area contributed by atoms with E-state index < -0.39 is 0 Å². The molecule has 0 aliphatic carbocycles. The third kappa shape index (κ3) is 2.98. The van der Waals surface area contributed by atoms with Gasteiger partial charge in [-0.15, -0.1) is 0 Å². The van der Waals surface area contributed by atoms with Crippen molar-refractivity contribution >= 4 is 17.3 Å². The molecule has 0 bridgehead atoms. The second-order valence-corrected chi connectivity index (χ2v) is 5.98. The number of para-hydroxylation sites is 1. The summed E-state index contributed by atoms with van der Waals surface area (Å²) < 4.78 is 0. The van der Waals surface area contributed by atoms with Crippen LogP contribution in [0.15, 0.2) is 42.5 Å². The van der Waals surface area contributed by atoms with Crippen molar-refractivity contribution in [3.63, 3.8) is 0 Å². The molecule has 0 atom stereocenters. The normalized spacial score (nSPS) is 13.8. The minimum atomic E-state index is 0.188. The molecule has 0 saturated carbocycles. The van der Waals surface area contributed by atoms with Crippen molar-refractivity contribution in [1.82, 2.24) is 0 Å². The molecule has 0 saturated heterocycles. The zero-order chi connectivity index (χ0) is 15.5. The number of carbonyl (C=O) groups is 1. The number of rotatable bonds is 3. The van der Waals surface area contributed by atoms with Gasteiger partial charge in [-0.1, -0.05) is 35.9 Å². The summed E-state index contributed by atoms with van der Waals surface area (Å²) in [6, 6.07) is 14.1. The van der Waals surface area contributed by atoms with Crippen molar-refractivity contribution in [2.45, 2.75) is 32.6 Å². The summed E-state index contributed by atoms with van der Waals surface area (Å²) in [6.45, 7) is 2.92. The van der Waals surface area contributed by atoms with Gasteiger partial charge in [-0.2, -0.15) is 0 Å². The Kier molecular flexibility index (Phi) is 4.14. The van der Waals surface area contributed by atoms with Gasteiger partial charge in [0.2, 0.25) is 5.91 Å². The van der Waals surface area contributed by atoms with Crippen LogP contribution >= 0.6 is 0 Å². The lowest BCUT2D eigenvalue weighted by Crippen LogP contribution is -2.35. The van der Waals surface area contributed by atoms with E-state index in [1.165, 1.54) is 11.1 Å². The fraction of sp³-hybridized carbons (Fsp3) is 0.316. The van der Waals surface area contributed by atoms with E-state index in [2.05, 4.69) is 25.1 Å². The third-order valence-electron chi connectivity index (χ3n) is 4.32. The molecule has 2 aromatic carbocycles. The largest absolute Gasteiger partial charge is 0.399 e. The van der Waals surface area contributed by atoms with Gasteiger partial charge >= 0.3 is 0 Å². The topological polar surface area (TPSA) is 46.3 Å². The highest BCUT2D eigenvalue weighted by Crippen LogP contribution is 2.28. The molecule has 22 heavy (non-hydrogen) atoms. The fourth-order valence-corrected chi connectivity index (χ4v) is 3.12. The average Bonchev–Trinajstić information content (AvgIpc) is 2.53. The monoisotopic (exact) mass is 294 g/mol. The smallest absolute Gasteiger partial charge is 0.227 e. The van der Waals surface area contributed by atoms with Crippen LogP contribution in [0.25, 0.3) is 0 Å². The molecule has 0 spiro atoms. The highest BCUT2D eigenvalue weighted by Gasteiger charge is 2.22. The van der Waals surface area contributed by atoms with Gasteiger partial charge in [0, 0.05) is 24.3 Å². The first kappa shape index (κ1) is 14.6. The predicted molar refractivity (Wildman–Crippen MR) is 91.0 cm³/mol. The Hall–Kier alpha value is -2.29. The number of hydrogen-bond donors (Lipinski definition) is 1. The van der Waals surface area contributed by atoms with Crippen LogP contribution < -0.4 is 10.6 Å². The molecule has 1 amide bonds. The number of aryl methyl sites for hydroxylation is 3. The number of nitrogens with two attached hydrogens (primary N) is 1. The number of benzene rings is 2. The molecule has 114 valence electrons. The molecular weight excluding hydrogens is 272 g/mol. The Morgan fingerprint density at radius 1 is 1.23 bits per heavy atom. The Labute approximate surface area is 131 Å². The Morgan fingerprint density at radius 2 is 2.05 bits per heavy atom. The second kappa shape index (κ2) is 6.22. The van der Waals surface area contributed by atoms with Crippen molar-refractivity contribution in [2.24, 2.45) is 0 Å². The Balaban J connectivity index is 1.73. The Bertz CT molecular complexity index is 694. The number of nitrogen functional groups attached to an aromatic ring is 1. The lowest BCUT2D eigenvalue weighted by Gasteiger charge is -2.30. The lowest BCUT2D eigenvalue weighted by atomic mass is 9.98. The number of hydrogen-bond acceptors (Lipinski definition) is 2. The van der Waals surface area contributed by atoms with Crippen LogP contribution in [0.1, 0.15) is 29.5 Å². The SMILES string of the molecule is Cc1ccc2c(c1)CCCN2C(=O)CCc1ccccc1N. The summed E-state index contributed by atoms with van der Waals surface area (Å²) in [5.41, 5.74) is 11.4. The Morgan fingerprint density at radius 3 is 2.86 bits per heavy atom. The predicted octanol–water partition coefficient (Wildman–Crippen LogP) is 3.49. The first-order valence-corrected chi connectivity index (χ1v) is 7.88. The minimum absolute atomic E-state index is 0.188. The first-order valence-electron chi connectivity index (χ1n) is 7.88. The highest BCUT2D eigenvalue weighted by atomic mass is 16.2. The molecule has 2 N–H and O–H groups in total. The van der Waals surface area contributed by atoms with Crippen molar-refractivity contribution in [1.29, 1.82) is 0 Å². The van der Waals surface area contributed by atoms with Crippen molar-refractivity contribution in [2.75, 3.05) is 17.2 Å². The second-order valence-electron chi connectivity index (χ2n) is 5.98. The maximum absolute atomic E-state index is 12.6. The molecule has 0 fully saturated rings. The molecule has 3 heteroatoms. The summed E-state index contributed by atoms with van der Waals surface area (Å²) in [6.07, 6.45) is 3.30. The summed E-state index contributed by atoms with van der Waals surface area (Å²) in [4.78, 5) is 14.6. The van der Waals surface area contributed by atoms with Crippen molar-refractivity contribution in [3.8, 4) is 0 Å². The van der Waals surface area contributed by atoms with Crippen LogP contribution in [0.4, 0.5) is 11.4 Å². The molecule has 0 radical (unpaired) electrons. The van der Waals surface area contributed by atoms with Gasteiger partial charge in [0.15, 0.2) is 0 Å². The van der Waals surface area contributed by atoms with Crippen LogP contribution in [0, 0.1) is 6.92 Å². The molecule has 1 aliphatic rings. The molecule has 0 aromatic heterocycles. The number of nitrogens with zero attached hydrogens (tertiary/aromatic N) is 1. The van der Waals surface area contributed by atoms with Crippen molar-refractivity contribution in [3.05, 3.63) is 59.2 Å². The van der Waals surface area contributed by atoms with Crippen molar-refractivity contribution < 1.29 is 4.79 Å². The van der Waals surface area contributed by atoms with E-state index in [1.807, 2.05) is 29.2 Å². The molecule has 2 aromatic rings. The number of anilines is 2. The quantitative estimate of drug-likeness (QED) is 0.881. The van der Waals surface area contributed by atoms with Crippen LogP contribution in [0.5, 0.6) is 0 Å². The van der Waals surface area contributed by atoms with Gasteiger partial charge in [0.1, 0.15) is 0 Å². The van der Waals surface area contributed by atoms with E-state index in [-0.39, 0.29) is 5.91 Å². The summed E-state index contributed by atoms with van der Waals surface area (Å²) in [5, 5.41) is 0. The van der Waals surface area contributed by atoms with Gasteiger partial charge in [0.25, 0.3) is 0 Å². The molecule has 3 nitrogen and oxygen atoms in total. The van der Waals surface area contributed by atoms with E-state index in [4.69, 9.17) is 5.73 Å². The van der Waals surface area contributed by atoms with Gasteiger partial charge in [-0.3, -0.25) is 4.79 Å². The first-order chi connectivity index (χ1) is 10.6. The zero-order valence-electron chi connectivity index (χ0n) is 13.0. The summed E-state index contributed by atoms with van der Waals surface area (Å²) in [5.74, 6) is 0.188. The molecule has 0 unspecified atom stereocenters. The van der Waals surface area contributed by atoms with E-state index in [1.54, 1.807) is 0 Å². The molecule has 1 aliphatic heterocycles. The number of fused-ring (bicyclic) bond motifs is 1. The molecule has 1 heterocycles. The van der Waals surface area contributed by atoms with Gasteiger partial charge in [-0.05, 0) is 49.4 Å². The highest BCUT2D eigenvalue weighted by molar-refractivity contribution is 5.94. The van der Waals surface area contributed by atoms with Crippen LogP contribution in [-0.4, -0.2) is 12.5 Å². The van der Waals surface area contributed by atoms with E-state index >= 15 is 0 Å².